The van der Waals surface area contributed by atoms with Gasteiger partial charge in [-0.3, -0.25) is 14.5 Å². The van der Waals surface area contributed by atoms with Gasteiger partial charge in [-0.05, 0) is 23.8 Å². The quantitative estimate of drug-likeness (QED) is 0.438. The van der Waals surface area contributed by atoms with Gasteiger partial charge in [-0.2, -0.15) is 0 Å². The second-order valence-electron chi connectivity index (χ2n) is 9.18. The van der Waals surface area contributed by atoms with Crippen molar-refractivity contribution in [2.24, 2.45) is 5.92 Å². The first kappa shape index (κ1) is 20.0. The Balaban J connectivity index is 1.49. The fraction of sp³-hybridized carbons (Fsp3) is 0.222. The van der Waals surface area contributed by atoms with Crippen LogP contribution >= 0.6 is 11.8 Å². The lowest BCUT2D eigenvalue weighted by atomic mass is 9.70. The number of carbonyl (C=O) groups is 2. The molecule has 3 aromatic carbocycles. The molecule has 2 saturated heterocycles. The van der Waals surface area contributed by atoms with Crippen molar-refractivity contribution >= 4 is 40.2 Å². The molecule has 2 fully saturated rings. The van der Waals surface area contributed by atoms with Crippen molar-refractivity contribution in [1.82, 2.24) is 14.9 Å². The van der Waals surface area contributed by atoms with E-state index in [2.05, 4.69) is 32.3 Å². The number of para-hydroxylation sites is 3. The minimum atomic E-state index is -1.07. The van der Waals surface area contributed by atoms with Gasteiger partial charge < -0.3 is 10.3 Å². The van der Waals surface area contributed by atoms with E-state index < -0.39 is 11.5 Å². The van der Waals surface area contributed by atoms with Crippen molar-refractivity contribution in [2.75, 3.05) is 16.9 Å². The highest BCUT2D eigenvalue weighted by Gasteiger charge is 2.69. The molecule has 4 heterocycles. The Morgan fingerprint density at radius 2 is 1.76 bits per heavy atom. The Morgan fingerprint density at radius 1 is 1.00 bits per heavy atom. The summed E-state index contributed by atoms with van der Waals surface area (Å²) in [6, 6.07) is 25.7. The van der Waals surface area contributed by atoms with Crippen LogP contribution in [0.4, 0.5) is 5.69 Å². The zero-order valence-corrected chi connectivity index (χ0v) is 19.1. The number of rotatable bonds is 3. The molecule has 0 bridgehead atoms. The second kappa shape index (κ2) is 7.29. The van der Waals surface area contributed by atoms with Gasteiger partial charge >= 0.3 is 0 Å². The third-order valence-corrected chi connectivity index (χ3v) is 8.66. The van der Waals surface area contributed by atoms with Crippen molar-refractivity contribution in [1.29, 1.82) is 0 Å². The number of amides is 1. The molecule has 1 amide bonds. The van der Waals surface area contributed by atoms with Gasteiger partial charge in [-0.15, -0.1) is 11.8 Å². The number of ketones is 1. The van der Waals surface area contributed by atoms with Crippen LogP contribution in [0.15, 0.2) is 78.9 Å². The van der Waals surface area contributed by atoms with Crippen LogP contribution in [0.25, 0.3) is 11.0 Å². The third kappa shape index (κ3) is 2.54. The summed E-state index contributed by atoms with van der Waals surface area (Å²) in [6.45, 7) is 0. The average molecular weight is 467 g/mol. The van der Waals surface area contributed by atoms with Crippen LogP contribution in [0, 0.1) is 5.92 Å². The Morgan fingerprint density at radius 3 is 2.62 bits per heavy atom. The minimum Gasteiger partial charge on any atom is -0.335 e. The topological polar surface area (TPSA) is 78.1 Å². The number of Topliss-reactive ketones (excluding diaryl/α,β-unsaturated/α-hetero) is 1. The Labute approximate surface area is 200 Å². The van der Waals surface area contributed by atoms with Crippen LogP contribution < -0.4 is 5.32 Å². The summed E-state index contributed by atoms with van der Waals surface area (Å²) in [6.07, 6.45) is 0. The van der Waals surface area contributed by atoms with E-state index in [1.54, 1.807) is 0 Å². The molecular weight excluding hydrogens is 444 g/mol. The molecule has 3 aliphatic rings. The normalized spacial score (nSPS) is 27.8. The largest absolute Gasteiger partial charge is 0.335 e. The van der Waals surface area contributed by atoms with Gasteiger partial charge in [0.15, 0.2) is 5.82 Å². The van der Waals surface area contributed by atoms with Crippen LogP contribution in [0.2, 0.25) is 0 Å². The summed E-state index contributed by atoms with van der Waals surface area (Å²) >= 11 is 1.83. The Bertz CT molecular complexity index is 1420. The molecule has 6 nitrogen and oxygen atoms in total. The maximum atomic E-state index is 14.4. The van der Waals surface area contributed by atoms with Gasteiger partial charge in [0.2, 0.25) is 11.7 Å². The number of benzene rings is 3. The van der Waals surface area contributed by atoms with Gasteiger partial charge in [0.1, 0.15) is 5.54 Å². The molecule has 7 heteroatoms. The lowest BCUT2D eigenvalue weighted by Crippen LogP contribution is -2.52. The smallest absolute Gasteiger partial charge is 0.250 e. The molecule has 1 spiro atoms. The van der Waals surface area contributed by atoms with Crippen molar-refractivity contribution in [2.45, 2.75) is 17.5 Å². The molecule has 0 radical (unpaired) electrons. The zero-order chi connectivity index (χ0) is 22.9. The molecular formula is C27H22N4O2S. The van der Waals surface area contributed by atoms with E-state index in [0.29, 0.717) is 11.7 Å². The summed E-state index contributed by atoms with van der Waals surface area (Å²) in [5.41, 5.74) is 3.27. The first-order chi connectivity index (χ1) is 16.7. The average Bonchev–Trinajstić information content (AvgIpc) is 3.62. The fourth-order valence-electron chi connectivity index (χ4n) is 6.30. The molecule has 3 aliphatic heterocycles. The van der Waals surface area contributed by atoms with Gasteiger partial charge in [0, 0.05) is 34.8 Å². The number of hydrogen-bond donors (Lipinski definition) is 2. The van der Waals surface area contributed by atoms with Crippen molar-refractivity contribution in [3.05, 3.63) is 95.8 Å². The van der Waals surface area contributed by atoms with E-state index in [-0.39, 0.29) is 23.7 Å². The molecule has 34 heavy (non-hydrogen) atoms. The highest BCUT2D eigenvalue weighted by Crippen LogP contribution is 2.61. The predicted octanol–water partition coefficient (Wildman–Crippen LogP) is 4.38. The summed E-state index contributed by atoms with van der Waals surface area (Å²) in [4.78, 5) is 38.6. The fourth-order valence-corrected chi connectivity index (χ4v) is 7.62. The van der Waals surface area contributed by atoms with E-state index in [4.69, 9.17) is 0 Å². The van der Waals surface area contributed by atoms with Gasteiger partial charge in [0.25, 0.3) is 0 Å². The van der Waals surface area contributed by atoms with Crippen molar-refractivity contribution in [3.63, 3.8) is 0 Å². The summed E-state index contributed by atoms with van der Waals surface area (Å²) in [7, 11) is 0. The number of aromatic nitrogens is 2. The molecule has 168 valence electrons. The monoisotopic (exact) mass is 466 g/mol. The molecule has 2 N–H and O–H groups in total. The lowest BCUT2D eigenvalue weighted by molar-refractivity contribution is -0.127. The number of imidazole rings is 1. The third-order valence-electron chi connectivity index (χ3n) is 7.62. The molecule has 4 atom stereocenters. The van der Waals surface area contributed by atoms with Gasteiger partial charge in [-0.1, -0.05) is 60.7 Å². The van der Waals surface area contributed by atoms with Crippen LogP contribution in [0.5, 0.6) is 0 Å². The van der Waals surface area contributed by atoms with Gasteiger partial charge in [-0.25, -0.2) is 4.98 Å². The Kier molecular flexibility index (Phi) is 4.29. The van der Waals surface area contributed by atoms with E-state index >= 15 is 0 Å². The summed E-state index contributed by atoms with van der Waals surface area (Å²) in [5, 5.41) is 3.11. The van der Waals surface area contributed by atoms with E-state index in [9.17, 15) is 9.59 Å². The van der Waals surface area contributed by atoms with E-state index in [0.717, 1.165) is 33.6 Å². The van der Waals surface area contributed by atoms with Crippen LogP contribution in [0.3, 0.4) is 0 Å². The van der Waals surface area contributed by atoms with Gasteiger partial charge in [0.05, 0.1) is 17.0 Å². The maximum Gasteiger partial charge on any atom is 0.250 e. The summed E-state index contributed by atoms with van der Waals surface area (Å²) < 4.78 is 0. The molecule has 7 rings (SSSR count). The zero-order valence-electron chi connectivity index (χ0n) is 18.3. The van der Waals surface area contributed by atoms with E-state index in [1.165, 1.54) is 0 Å². The number of nitrogens with zero attached hydrogens (tertiary/aromatic N) is 2. The Hall–Kier alpha value is -3.42. The predicted molar refractivity (Wildman–Crippen MR) is 133 cm³/mol. The highest BCUT2D eigenvalue weighted by molar-refractivity contribution is 7.99. The molecule has 4 aromatic rings. The number of nitrogens with one attached hydrogen (secondary N) is 2. The minimum absolute atomic E-state index is 0.0719. The first-order valence-electron chi connectivity index (χ1n) is 11.5. The number of anilines is 1. The number of carbonyl (C=O) groups excluding carboxylic acids is 2. The number of H-pyrrole nitrogens is 1. The second-order valence-corrected chi connectivity index (χ2v) is 10.2. The van der Waals surface area contributed by atoms with E-state index in [1.807, 2.05) is 78.5 Å². The highest BCUT2D eigenvalue weighted by atomic mass is 32.2. The number of fused-ring (bicyclic) bond motifs is 5. The SMILES string of the molecule is O=C(c1nc2ccccc2[nH]1)C1C(c2ccccc2)C2CSCN2[C@@]12C(=O)Nc1ccccc12. The number of aromatic amines is 1. The molecule has 1 aromatic heterocycles. The van der Waals surface area contributed by atoms with Crippen LogP contribution in [-0.4, -0.2) is 44.2 Å². The number of hydrogen-bond acceptors (Lipinski definition) is 5. The number of thioether (sulfide) groups is 1. The van der Waals surface area contributed by atoms with Crippen molar-refractivity contribution < 1.29 is 9.59 Å². The molecule has 0 aliphatic carbocycles. The standard InChI is InChI=1S/C27H22N4O2S/c32-24(25-28-19-12-6-7-13-20(19)29-25)23-22(16-8-2-1-3-9-16)21-14-34-15-31(21)27(23)17-10-4-5-11-18(17)30-26(27)33/h1-13,21-23H,14-15H2,(H,28,29)(H,30,33)/t21?,22?,23?,27-/m1/s1. The lowest BCUT2D eigenvalue weighted by Gasteiger charge is -2.36. The molecule has 0 saturated carbocycles. The molecule has 3 unspecified atom stereocenters. The first-order valence-corrected chi connectivity index (χ1v) is 12.6. The maximum absolute atomic E-state index is 14.4. The van der Waals surface area contributed by atoms with Crippen LogP contribution in [0.1, 0.15) is 27.7 Å². The van der Waals surface area contributed by atoms with Crippen LogP contribution in [-0.2, 0) is 10.3 Å². The van der Waals surface area contributed by atoms with Crippen molar-refractivity contribution in [3.8, 4) is 0 Å². The summed E-state index contributed by atoms with van der Waals surface area (Å²) in [5.74, 6) is 0.932.